The number of aromatic nitrogens is 2. The number of hydrogen-bond acceptors (Lipinski definition) is 5. The highest BCUT2D eigenvalue weighted by atomic mass is 79.9. The summed E-state index contributed by atoms with van der Waals surface area (Å²) in [4.78, 5) is 44.9. The fourth-order valence-corrected chi connectivity index (χ4v) is 4.76. The lowest BCUT2D eigenvalue weighted by Gasteiger charge is -2.14. The standard InChI is InChI=1S/C17H10BrN3O3S/c18-8-4-6-9(7-5-8)20-15(23)12-13(16(20)24)25-17-19-11-3-1-2-10(11)14(22)21(12)17/h4-7H,1-3H2. The van der Waals surface area contributed by atoms with E-state index in [9.17, 15) is 14.4 Å². The lowest BCUT2D eigenvalue weighted by atomic mass is 10.2. The molecule has 0 unspecified atom stereocenters. The molecule has 6 nitrogen and oxygen atoms in total. The van der Waals surface area contributed by atoms with Gasteiger partial charge in [-0.15, -0.1) is 0 Å². The summed E-state index contributed by atoms with van der Waals surface area (Å²) in [6, 6.07) is 6.91. The minimum Gasteiger partial charge on any atom is -0.269 e. The fraction of sp³-hybridized carbons (Fsp3) is 0.176. The minimum atomic E-state index is -0.476. The van der Waals surface area contributed by atoms with Crippen molar-refractivity contribution in [2.75, 3.05) is 4.90 Å². The first-order valence-corrected chi connectivity index (χ1v) is 9.39. The number of nitrogens with zero attached hydrogens (tertiary/aromatic N) is 3. The molecular weight excluding hydrogens is 406 g/mol. The molecule has 2 aliphatic rings. The number of anilines is 1. The molecule has 0 spiro atoms. The van der Waals surface area contributed by atoms with Crippen molar-refractivity contribution >= 4 is 49.7 Å². The molecule has 0 saturated carbocycles. The van der Waals surface area contributed by atoms with Gasteiger partial charge in [0.1, 0.15) is 10.6 Å². The van der Waals surface area contributed by atoms with Gasteiger partial charge in [-0.25, -0.2) is 14.3 Å². The molecule has 0 atom stereocenters. The molecule has 1 aromatic carbocycles. The highest BCUT2D eigenvalue weighted by Crippen LogP contribution is 2.34. The Morgan fingerprint density at radius 3 is 2.56 bits per heavy atom. The van der Waals surface area contributed by atoms with Gasteiger partial charge in [0.25, 0.3) is 17.4 Å². The van der Waals surface area contributed by atoms with Crippen molar-refractivity contribution in [1.82, 2.24) is 9.38 Å². The van der Waals surface area contributed by atoms with Crippen molar-refractivity contribution in [3.63, 3.8) is 0 Å². The maximum absolute atomic E-state index is 12.9. The van der Waals surface area contributed by atoms with E-state index < -0.39 is 11.8 Å². The van der Waals surface area contributed by atoms with Crippen LogP contribution >= 0.6 is 27.3 Å². The first-order chi connectivity index (χ1) is 12.1. The fourth-order valence-electron chi connectivity index (χ4n) is 3.44. The van der Waals surface area contributed by atoms with Crippen LogP contribution in [-0.2, 0) is 12.8 Å². The van der Waals surface area contributed by atoms with E-state index in [1.54, 1.807) is 24.3 Å². The van der Waals surface area contributed by atoms with Crippen LogP contribution in [0, 0.1) is 0 Å². The Morgan fingerprint density at radius 2 is 1.80 bits per heavy atom. The van der Waals surface area contributed by atoms with Crippen molar-refractivity contribution < 1.29 is 9.59 Å². The van der Waals surface area contributed by atoms with Crippen LogP contribution in [0.25, 0.3) is 4.96 Å². The zero-order valence-electron chi connectivity index (χ0n) is 12.8. The summed E-state index contributed by atoms with van der Waals surface area (Å²) in [6.07, 6.45) is 2.35. The van der Waals surface area contributed by atoms with Crippen LogP contribution in [0.1, 0.15) is 37.8 Å². The number of benzene rings is 1. The monoisotopic (exact) mass is 415 g/mol. The van der Waals surface area contributed by atoms with Crippen LogP contribution in [-0.4, -0.2) is 21.2 Å². The molecule has 0 N–H and O–H groups in total. The van der Waals surface area contributed by atoms with Crippen LogP contribution in [0.15, 0.2) is 33.5 Å². The normalized spacial score (nSPS) is 16.0. The van der Waals surface area contributed by atoms with E-state index in [2.05, 4.69) is 20.9 Å². The molecule has 0 bridgehead atoms. The molecule has 124 valence electrons. The molecule has 2 amide bonds. The summed E-state index contributed by atoms with van der Waals surface area (Å²) < 4.78 is 2.18. The van der Waals surface area contributed by atoms with Crippen molar-refractivity contribution in [2.24, 2.45) is 0 Å². The molecule has 3 heterocycles. The van der Waals surface area contributed by atoms with Gasteiger partial charge in [-0.05, 0) is 43.5 Å². The van der Waals surface area contributed by atoms with Gasteiger partial charge in [-0.1, -0.05) is 27.3 Å². The molecule has 3 aromatic rings. The number of imide groups is 1. The van der Waals surface area contributed by atoms with E-state index in [0.717, 1.165) is 39.2 Å². The largest absolute Gasteiger partial charge is 0.284 e. The summed E-state index contributed by atoms with van der Waals surface area (Å²) in [5, 5.41) is 0. The van der Waals surface area contributed by atoms with Gasteiger partial charge in [-0.3, -0.25) is 14.4 Å². The number of rotatable bonds is 1. The third-order valence-electron chi connectivity index (χ3n) is 4.59. The Balaban J connectivity index is 1.73. The number of carbonyl (C=O) groups is 2. The van der Waals surface area contributed by atoms with Gasteiger partial charge in [0.05, 0.1) is 11.4 Å². The molecule has 0 radical (unpaired) electrons. The zero-order valence-corrected chi connectivity index (χ0v) is 15.2. The van der Waals surface area contributed by atoms with Crippen LogP contribution in [0.5, 0.6) is 0 Å². The highest BCUT2D eigenvalue weighted by Gasteiger charge is 2.42. The van der Waals surface area contributed by atoms with Crippen molar-refractivity contribution in [3.8, 4) is 0 Å². The van der Waals surface area contributed by atoms with Gasteiger partial charge < -0.3 is 0 Å². The molecule has 0 saturated heterocycles. The van der Waals surface area contributed by atoms with Gasteiger partial charge in [0.2, 0.25) is 0 Å². The lowest BCUT2D eigenvalue weighted by Crippen LogP contribution is -2.31. The Hall–Kier alpha value is -2.32. The maximum Gasteiger partial charge on any atom is 0.284 e. The van der Waals surface area contributed by atoms with E-state index in [1.807, 2.05) is 0 Å². The molecule has 8 heteroatoms. The Bertz CT molecular complexity index is 1150. The van der Waals surface area contributed by atoms with Gasteiger partial charge in [0.15, 0.2) is 4.96 Å². The van der Waals surface area contributed by atoms with Crippen LogP contribution in [0.3, 0.4) is 0 Å². The number of fused-ring (bicyclic) bond motifs is 4. The number of aryl methyl sites for hydroxylation is 1. The Morgan fingerprint density at radius 1 is 1.04 bits per heavy atom. The summed E-state index contributed by atoms with van der Waals surface area (Å²) in [7, 11) is 0. The third-order valence-corrected chi connectivity index (χ3v) is 6.15. The van der Waals surface area contributed by atoms with E-state index in [4.69, 9.17) is 0 Å². The Kier molecular flexibility index (Phi) is 3.05. The average Bonchev–Trinajstić information content (AvgIpc) is 3.26. The first-order valence-electron chi connectivity index (χ1n) is 7.78. The molecule has 25 heavy (non-hydrogen) atoms. The average molecular weight is 416 g/mol. The highest BCUT2D eigenvalue weighted by molar-refractivity contribution is 9.10. The van der Waals surface area contributed by atoms with Crippen LogP contribution in [0.4, 0.5) is 5.69 Å². The number of halogens is 1. The van der Waals surface area contributed by atoms with Crippen molar-refractivity contribution in [2.45, 2.75) is 19.3 Å². The van der Waals surface area contributed by atoms with Crippen molar-refractivity contribution in [3.05, 3.63) is 60.9 Å². The number of amides is 2. The quantitative estimate of drug-likeness (QED) is 0.572. The smallest absolute Gasteiger partial charge is 0.269 e. The predicted octanol–water partition coefficient (Wildman–Crippen LogP) is 2.81. The van der Waals surface area contributed by atoms with E-state index in [1.165, 1.54) is 4.40 Å². The maximum atomic E-state index is 12.9. The van der Waals surface area contributed by atoms with E-state index in [-0.39, 0.29) is 16.1 Å². The predicted molar refractivity (Wildman–Crippen MR) is 96.6 cm³/mol. The summed E-state index contributed by atoms with van der Waals surface area (Å²) in [6.45, 7) is 0. The summed E-state index contributed by atoms with van der Waals surface area (Å²) >= 11 is 4.45. The second-order valence-corrected chi connectivity index (χ2v) is 7.91. The third kappa shape index (κ3) is 1.95. The first kappa shape index (κ1) is 15.0. The molecule has 2 aromatic heterocycles. The molecular formula is C17H10BrN3O3S. The molecule has 1 aliphatic heterocycles. The van der Waals surface area contributed by atoms with Gasteiger partial charge in [0, 0.05) is 10.0 Å². The number of thiazole rings is 1. The zero-order chi connectivity index (χ0) is 17.3. The molecule has 0 fully saturated rings. The van der Waals surface area contributed by atoms with E-state index in [0.29, 0.717) is 22.6 Å². The topological polar surface area (TPSA) is 71.7 Å². The summed E-state index contributed by atoms with van der Waals surface area (Å²) in [5.74, 6) is -0.882. The second kappa shape index (κ2) is 5.09. The SMILES string of the molecule is O=C1c2sc3nc4c(c(=O)n3c2C(=O)N1c1ccc(Br)cc1)CCC4. The van der Waals surface area contributed by atoms with Crippen molar-refractivity contribution in [1.29, 1.82) is 0 Å². The Labute approximate surface area is 153 Å². The van der Waals surface area contributed by atoms with E-state index >= 15 is 0 Å². The molecule has 5 rings (SSSR count). The number of hydrogen-bond donors (Lipinski definition) is 0. The van der Waals surface area contributed by atoms with Gasteiger partial charge in [-0.2, -0.15) is 0 Å². The van der Waals surface area contributed by atoms with Crippen LogP contribution in [0.2, 0.25) is 0 Å². The summed E-state index contributed by atoms with van der Waals surface area (Å²) in [5.41, 5.74) is 1.88. The van der Waals surface area contributed by atoms with Crippen LogP contribution < -0.4 is 10.5 Å². The number of carbonyl (C=O) groups excluding carboxylic acids is 2. The second-order valence-electron chi connectivity index (χ2n) is 6.02. The minimum absolute atomic E-state index is 0.139. The lowest BCUT2D eigenvalue weighted by molar-refractivity contribution is 0.0925. The van der Waals surface area contributed by atoms with Gasteiger partial charge >= 0.3 is 0 Å². The molecule has 1 aliphatic carbocycles.